The molecule has 0 spiro atoms. The molecule has 0 unspecified atom stereocenters. The lowest BCUT2D eigenvalue weighted by Crippen LogP contribution is -2.21. The van der Waals surface area contributed by atoms with E-state index in [9.17, 15) is 0 Å². The highest BCUT2D eigenvalue weighted by atomic mass is 35.5. The maximum absolute atomic E-state index is 5.85. The van der Waals surface area contributed by atoms with Crippen molar-refractivity contribution in [2.24, 2.45) is 0 Å². The Morgan fingerprint density at radius 3 is 2.74 bits per heavy atom. The number of rotatable bonds is 6. The summed E-state index contributed by atoms with van der Waals surface area (Å²) >= 11 is 17.3. The average Bonchev–Trinajstić information content (AvgIpc) is 2.88. The van der Waals surface area contributed by atoms with Gasteiger partial charge in [-0.3, -0.25) is 0 Å². The van der Waals surface area contributed by atoms with Crippen molar-refractivity contribution in [2.75, 3.05) is 25.7 Å². The van der Waals surface area contributed by atoms with Gasteiger partial charge in [0, 0.05) is 16.5 Å². The molecule has 3 nitrogen and oxygen atoms in total. The first-order valence-electron chi connectivity index (χ1n) is 5.99. The van der Waals surface area contributed by atoms with Gasteiger partial charge < -0.3 is 14.2 Å². The highest BCUT2D eigenvalue weighted by Crippen LogP contribution is 2.27. The molecule has 6 heteroatoms. The van der Waals surface area contributed by atoms with Gasteiger partial charge >= 0.3 is 0 Å². The van der Waals surface area contributed by atoms with Gasteiger partial charge in [-0.05, 0) is 12.1 Å². The van der Waals surface area contributed by atoms with Crippen molar-refractivity contribution in [2.45, 2.75) is 17.8 Å². The predicted octanol–water partition coefficient (Wildman–Crippen LogP) is 3.62. The van der Waals surface area contributed by atoms with Gasteiger partial charge in [0.1, 0.15) is 6.10 Å². The van der Waals surface area contributed by atoms with Gasteiger partial charge in [-0.25, -0.2) is 0 Å². The summed E-state index contributed by atoms with van der Waals surface area (Å²) in [5, 5.41) is 0.520. The molecule has 0 radical (unpaired) electrons. The van der Waals surface area contributed by atoms with Gasteiger partial charge in [0.15, 0.2) is 6.29 Å². The Morgan fingerprint density at radius 1 is 1.32 bits per heavy atom. The summed E-state index contributed by atoms with van der Waals surface area (Å²) in [6, 6.07) is 7.40. The minimum atomic E-state index is -0.356. The van der Waals surface area contributed by atoms with E-state index in [1.165, 1.54) is 0 Å². The fraction of sp³-hybridized carbons (Fsp3) is 0.538. The van der Waals surface area contributed by atoms with E-state index in [1.54, 1.807) is 0 Å². The standard InChI is InChI=1S/C13H15Cl3O3/c14-5-11(16)6-17-7-12-8-18-13(19-12)9-1-3-10(15)4-2-9/h1-4,11-13H,5-8H2/t11-,12+,13-/m0/s1. The van der Waals surface area contributed by atoms with Crippen LogP contribution in [-0.4, -0.2) is 37.2 Å². The molecule has 1 aromatic rings. The molecule has 0 saturated carbocycles. The first-order valence-corrected chi connectivity index (χ1v) is 7.34. The minimum absolute atomic E-state index is 0.0835. The fourth-order valence-corrected chi connectivity index (χ4v) is 2.01. The molecule has 1 aliphatic rings. The first-order chi connectivity index (χ1) is 9.19. The van der Waals surface area contributed by atoms with Crippen molar-refractivity contribution in [3.63, 3.8) is 0 Å². The SMILES string of the molecule is ClC[C@H](Cl)COC[C@@H]1CO[C@H](c2ccc(Cl)cc2)O1. The number of benzene rings is 1. The van der Waals surface area contributed by atoms with E-state index in [1.807, 2.05) is 24.3 Å². The summed E-state index contributed by atoms with van der Waals surface area (Å²) < 4.78 is 16.7. The van der Waals surface area contributed by atoms with Crippen LogP contribution in [0.3, 0.4) is 0 Å². The molecule has 19 heavy (non-hydrogen) atoms. The van der Waals surface area contributed by atoms with Crippen molar-refractivity contribution in [1.29, 1.82) is 0 Å². The van der Waals surface area contributed by atoms with Gasteiger partial charge in [-0.15, -0.1) is 23.2 Å². The molecule has 1 fully saturated rings. The fourth-order valence-electron chi connectivity index (χ4n) is 1.70. The van der Waals surface area contributed by atoms with Crippen molar-refractivity contribution in [3.05, 3.63) is 34.9 Å². The lowest BCUT2D eigenvalue weighted by molar-refractivity contribution is -0.0735. The summed E-state index contributed by atoms with van der Waals surface area (Å²) in [5.74, 6) is 0.372. The molecule has 0 bridgehead atoms. The molecular weight excluding hydrogens is 310 g/mol. The van der Waals surface area contributed by atoms with Gasteiger partial charge in [0.05, 0.1) is 25.2 Å². The van der Waals surface area contributed by atoms with Gasteiger partial charge in [0.2, 0.25) is 0 Å². The third kappa shape index (κ3) is 4.78. The van der Waals surface area contributed by atoms with E-state index < -0.39 is 0 Å². The van der Waals surface area contributed by atoms with E-state index >= 15 is 0 Å². The second-order valence-electron chi connectivity index (χ2n) is 4.26. The number of ether oxygens (including phenoxy) is 3. The van der Waals surface area contributed by atoms with E-state index in [-0.39, 0.29) is 17.8 Å². The largest absolute Gasteiger partial charge is 0.377 e. The molecule has 0 amide bonds. The molecule has 0 aromatic heterocycles. The molecule has 1 aliphatic heterocycles. The maximum Gasteiger partial charge on any atom is 0.184 e. The van der Waals surface area contributed by atoms with Crippen LogP contribution in [0.25, 0.3) is 0 Å². The van der Waals surface area contributed by atoms with Crippen molar-refractivity contribution in [3.8, 4) is 0 Å². The molecule has 3 atom stereocenters. The Morgan fingerprint density at radius 2 is 2.05 bits per heavy atom. The second kappa shape index (κ2) is 7.67. The third-order valence-corrected chi connectivity index (χ3v) is 3.72. The van der Waals surface area contributed by atoms with Crippen LogP contribution >= 0.6 is 34.8 Å². The maximum atomic E-state index is 5.85. The van der Waals surface area contributed by atoms with Crippen molar-refractivity contribution >= 4 is 34.8 Å². The smallest absolute Gasteiger partial charge is 0.184 e. The van der Waals surface area contributed by atoms with Crippen LogP contribution in [0.2, 0.25) is 5.02 Å². The summed E-state index contributed by atoms with van der Waals surface area (Å²) in [4.78, 5) is 0. The zero-order chi connectivity index (χ0) is 13.7. The average molecular weight is 326 g/mol. The summed E-state index contributed by atoms with van der Waals surface area (Å²) in [6.07, 6.45) is -0.439. The lowest BCUT2D eigenvalue weighted by atomic mass is 10.2. The second-order valence-corrected chi connectivity index (χ2v) is 5.63. The van der Waals surface area contributed by atoms with E-state index in [0.717, 1.165) is 5.56 Å². The van der Waals surface area contributed by atoms with Crippen molar-refractivity contribution < 1.29 is 14.2 Å². The summed E-state index contributed by atoms with van der Waals surface area (Å²) in [5.41, 5.74) is 0.947. The zero-order valence-electron chi connectivity index (χ0n) is 10.2. The quantitative estimate of drug-likeness (QED) is 0.748. The van der Waals surface area contributed by atoms with Crippen LogP contribution in [0.1, 0.15) is 11.9 Å². The number of hydrogen-bond acceptors (Lipinski definition) is 3. The monoisotopic (exact) mass is 324 g/mol. The normalized spacial score (nSPS) is 24.6. The number of halogens is 3. The van der Waals surface area contributed by atoms with E-state index in [0.29, 0.717) is 30.7 Å². The predicted molar refractivity (Wildman–Crippen MR) is 76.2 cm³/mol. The molecule has 1 saturated heterocycles. The third-order valence-electron chi connectivity index (χ3n) is 2.66. The minimum Gasteiger partial charge on any atom is -0.377 e. The number of alkyl halides is 2. The molecule has 2 rings (SSSR count). The molecule has 106 valence electrons. The topological polar surface area (TPSA) is 27.7 Å². The van der Waals surface area contributed by atoms with Crippen LogP contribution in [0.5, 0.6) is 0 Å². The Hall–Kier alpha value is -0.0300. The van der Waals surface area contributed by atoms with Crippen molar-refractivity contribution in [1.82, 2.24) is 0 Å². The Balaban J connectivity index is 1.75. The van der Waals surface area contributed by atoms with E-state index in [4.69, 9.17) is 49.0 Å². The van der Waals surface area contributed by atoms with Crippen LogP contribution in [0.4, 0.5) is 0 Å². The number of hydrogen-bond donors (Lipinski definition) is 0. The van der Waals surface area contributed by atoms with Crippen LogP contribution in [0, 0.1) is 0 Å². The molecule has 1 aromatic carbocycles. The highest BCUT2D eigenvalue weighted by Gasteiger charge is 2.27. The van der Waals surface area contributed by atoms with Crippen LogP contribution < -0.4 is 0 Å². The van der Waals surface area contributed by atoms with Crippen LogP contribution in [-0.2, 0) is 14.2 Å². The zero-order valence-corrected chi connectivity index (χ0v) is 12.5. The molecular formula is C13H15Cl3O3. The summed E-state index contributed by atoms with van der Waals surface area (Å²) in [6.45, 7) is 1.36. The Kier molecular flexibility index (Phi) is 6.20. The molecule has 1 heterocycles. The Labute approximate surface area is 127 Å². The first kappa shape index (κ1) is 15.4. The van der Waals surface area contributed by atoms with Crippen LogP contribution in [0.15, 0.2) is 24.3 Å². The highest BCUT2D eigenvalue weighted by molar-refractivity contribution is 6.30. The molecule has 0 N–H and O–H groups in total. The van der Waals surface area contributed by atoms with Gasteiger partial charge in [-0.2, -0.15) is 0 Å². The molecule has 0 aliphatic carbocycles. The van der Waals surface area contributed by atoms with E-state index in [2.05, 4.69) is 0 Å². The van der Waals surface area contributed by atoms with Gasteiger partial charge in [-0.1, -0.05) is 23.7 Å². The lowest BCUT2D eigenvalue weighted by Gasteiger charge is -2.13. The Bertz CT molecular complexity index is 385. The van der Waals surface area contributed by atoms with Gasteiger partial charge in [0.25, 0.3) is 0 Å². The summed E-state index contributed by atoms with van der Waals surface area (Å²) in [7, 11) is 0.